The molecule has 0 spiro atoms. The van der Waals surface area contributed by atoms with Gasteiger partial charge in [-0.05, 0) is 77.0 Å². The van der Waals surface area contributed by atoms with Gasteiger partial charge in [-0.25, -0.2) is 0 Å². The van der Waals surface area contributed by atoms with Crippen LogP contribution in [0.3, 0.4) is 0 Å². The first-order chi connectivity index (χ1) is 43.1. The van der Waals surface area contributed by atoms with E-state index in [9.17, 15) is 45.6 Å². The number of ether oxygens (including phenoxy) is 4. The topological polar surface area (TPSA) is 228 Å². The lowest BCUT2D eigenvalue weighted by atomic mass is 9.97. The maximum absolute atomic E-state index is 13.3. The molecule has 2 saturated heterocycles. The molecule has 508 valence electrons. The number of aliphatic hydroxyl groups is 8. The summed E-state index contributed by atoms with van der Waals surface area (Å²) in [7, 11) is 0. The zero-order valence-electron chi connectivity index (χ0n) is 55.2. The number of rotatable bonds is 57. The van der Waals surface area contributed by atoms with Crippen LogP contribution in [0, 0.1) is 0 Å². The van der Waals surface area contributed by atoms with Crippen molar-refractivity contribution in [2.75, 3.05) is 19.8 Å². The van der Waals surface area contributed by atoms with E-state index in [0.29, 0.717) is 6.42 Å². The molecule has 12 unspecified atom stereocenters. The van der Waals surface area contributed by atoms with Crippen molar-refractivity contribution in [1.82, 2.24) is 5.32 Å². The van der Waals surface area contributed by atoms with Crippen LogP contribution in [0.15, 0.2) is 97.2 Å². The average Bonchev–Trinajstić information content (AvgIpc) is 2.99. The minimum Gasteiger partial charge on any atom is -0.394 e. The van der Waals surface area contributed by atoms with Crippen LogP contribution in [0.5, 0.6) is 0 Å². The molecular weight excluding hydrogens is 1110 g/mol. The summed E-state index contributed by atoms with van der Waals surface area (Å²) in [5.74, 6) is -0.240. The molecule has 0 aromatic heterocycles. The number of aliphatic hydroxyl groups excluding tert-OH is 8. The van der Waals surface area contributed by atoms with E-state index >= 15 is 0 Å². The predicted molar refractivity (Wildman–Crippen MR) is 359 cm³/mol. The lowest BCUT2D eigenvalue weighted by Gasteiger charge is -2.46. The van der Waals surface area contributed by atoms with Crippen LogP contribution < -0.4 is 5.32 Å². The van der Waals surface area contributed by atoms with Crippen LogP contribution in [-0.4, -0.2) is 140 Å². The Kier molecular flexibility index (Phi) is 53.2. The Morgan fingerprint density at radius 3 is 1.20 bits per heavy atom. The Morgan fingerprint density at radius 1 is 0.420 bits per heavy atom. The van der Waals surface area contributed by atoms with Crippen molar-refractivity contribution in [3.8, 4) is 0 Å². The van der Waals surface area contributed by atoms with Crippen molar-refractivity contribution >= 4 is 5.91 Å². The van der Waals surface area contributed by atoms with Gasteiger partial charge in [0.15, 0.2) is 12.6 Å². The molecule has 9 N–H and O–H groups in total. The molecule has 2 aliphatic rings. The third-order valence-corrected chi connectivity index (χ3v) is 16.8. The third-order valence-electron chi connectivity index (χ3n) is 16.8. The van der Waals surface area contributed by atoms with E-state index in [2.05, 4.69) is 104 Å². The molecule has 88 heavy (non-hydrogen) atoms. The SMILES string of the molecule is CC/C=C\C/C=C\C/C=C\C/C=C\C/C=C\C/C=C\C/C=C\CCCCCCCCCCCCCCCCCCCC(=O)NC(COC1OC(CO)C(OC2OC(CO)C(O)C(O)C2O)C(O)C1O)C(O)/C=C/CCCCCCCCCCCCCCC. The number of amides is 1. The quantitative estimate of drug-likeness (QED) is 0.0204. The van der Waals surface area contributed by atoms with Crippen LogP contribution in [0.25, 0.3) is 0 Å². The van der Waals surface area contributed by atoms with Gasteiger partial charge >= 0.3 is 0 Å². The summed E-state index contributed by atoms with van der Waals surface area (Å²) < 4.78 is 22.8. The first kappa shape index (κ1) is 81.0. The van der Waals surface area contributed by atoms with Crippen LogP contribution in [-0.2, 0) is 23.7 Å². The molecule has 2 aliphatic heterocycles. The summed E-state index contributed by atoms with van der Waals surface area (Å²) in [5.41, 5.74) is 0. The lowest BCUT2D eigenvalue weighted by molar-refractivity contribution is -0.359. The average molecular weight is 1240 g/mol. The highest BCUT2D eigenvalue weighted by atomic mass is 16.7. The van der Waals surface area contributed by atoms with Gasteiger partial charge in [0.25, 0.3) is 0 Å². The molecule has 0 aromatic carbocycles. The molecule has 14 heteroatoms. The number of allylic oxidation sites excluding steroid dienone is 15. The van der Waals surface area contributed by atoms with Gasteiger partial charge in [0.2, 0.25) is 5.91 Å². The molecule has 0 saturated carbocycles. The maximum Gasteiger partial charge on any atom is 0.220 e. The second-order valence-electron chi connectivity index (χ2n) is 24.6. The summed E-state index contributed by atoms with van der Waals surface area (Å²) in [6.07, 6.45) is 64.7. The van der Waals surface area contributed by atoms with Gasteiger partial charge in [0, 0.05) is 6.42 Å². The fraction of sp³-hybridized carbons (Fsp3) is 0.770. The number of hydrogen-bond acceptors (Lipinski definition) is 13. The highest BCUT2D eigenvalue weighted by Gasteiger charge is 2.51. The van der Waals surface area contributed by atoms with Crippen molar-refractivity contribution in [1.29, 1.82) is 0 Å². The van der Waals surface area contributed by atoms with Gasteiger partial charge in [0.05, 0.1) is 32.0 Å². The molecule has 0 aliphatic carbocycles. The van der Waals surface area contributed by atoms with Gasteiger partial charge in [0.1, 0.15) is 48.8 Å². The van der Waals surface area contributed by atoms with E-state index in [1.54, 1.807) is 6.08 Å². The zero-order valence-corrected chi connectivity index (χ0v) is 55.2. The normalized spacial score (nSPS) is 23.8. The molecule has 1 amide bonds. The van der Waals surface area contributed by atoms with Crippen molar-refractivity contribution in [3.05, 3.63) is 97.2 Å². The molecule has 0 bridgehead atoms. The monoisotopic (exact) mass is 1240 g/mol. The van der Waals surface area contributed by atoms with Crippen LogP contribution in [0.1, 0.15) is 271 Å². The van der Waals surface area contributed by atoms with Crippen molar-refractivity contribution < 1.29 is 64.6 Å². The number of nitrogens with one attached hydrogen (secondary N) is 1. The molecule has 2 fully saturated rings. The molecule has 2 rings (SSSR count). The Morgan fingerprint density at radius 2 is 0.784 bits per heavy atom. The highest BCUT2D eigenvalue weighted by Crippen LogP contribution is 2.30. The Labute approximate surface area is 534 Å². The summed E-state index contributed by atoms with van der Waals surface area (Å²) in [6, 6.07) is -0.918. The van der Waals surface area contributed by atoms with Gasteiger partial charge in [-0.15, -0.1) is 0 Å². The highest BCUT2D eigenvalue weighted by molar-refractivity contribution is 5.76. The first-order valence-electron chi connectivity index (χ1n) is 35.5. The van der Waals surface area contributed by atoms with Crippen molar-refractivity contribution in [3.63, 3.8) is 0 Å². The van der Waals surface area contributed by atoms with Crippen LogP contribution in [0.4, 0.5) is 0 Å². The van der Waals surface area contributed by atoms with E-state index in [4.69, 9.17) is 18.9 Å². The summed E-state index contributed by atoms with van der Waals surface area (Å²) in [5, 5.41) is 87.3. The molecule has 0 radical (unpaired) electrons. The third kappa shape index (κ3) is 41.4. The van der Waals surface area contributed by atoms with Gasteiger partial charge in [-0.3, -0.25) is 4.79 Å². The van der Waals surface area contributed by atoms with Crippen molar-refractivity contribution in [2.45, 2.75) is 344 Å². The van der Waals surface area contributed by atoms with E-state index in [0.717, 1.165) is 83.5 Å². The fourth-order valence-electron chi connectivity index (χ4n) is 11.2. The standard InChI is InChI=1S/C74H129NO13/c1-3-5-7-9-11-13-15-17-19-20-21-22-23-24-25-26-27-28-29-30-31-32-33-34-35-36-37-38-39-40-41-42-44-46-48-50-52-54-56-58-66(79)75-62(63(78)57-55-53-51-49-47-45-43-18-16-14-12-10-8-6-4-2)61-85-73-71(84)69(82)72(65(60-77)87-73)88-74-70(83)68(81)67(80)64(59-76)86-74/h5,7,11,13,17,19,21-22,24-25,27-28,30-31,55,57,62-65,67-74,76-78,80-84H,3-4,6,8-10,12,14-16,18,20,23,26,29,32-54,56,58-61H2,1-2H3,(H,75,79)/b7-5-,13-11-,19-17-,22-21-,25-24-,28-27-,31-30-,57-55+. The second-order valence-corrected chi connectivity index (χ2v) is 24.6. The Balaban J connectivity index is 1.59. The molecular formula is C74H129NO13. The maximum atomic E-state index is 13.3. The molecule has 14 nitrogen and oxygen atoms in total. The van der Waals surface area contributed by atoms with Gasteiger partial charge in [-0.1, -0.05) is 284 Å². The largest absolute Gasteiger partial charge is 0.394 e. The van der Waals surface area contributed by atoms with Crippen LogP contribution in [0.2, 0.25) is 0 Å². The lowest BCUT2D eigenvalue weighted by Crippen LogP contribution is -2.65. The molecule has 0 aromatic rings. The minimum atomic E-state index is -1.79. The summed E-state index contributed by atoms with van der Waals surface area (Å²) in [4.78, 5) is 13.3. The Bertz CT molecular complexity index is 1850. The smallest absolute Gasteiger partial charge is 0.220 e. The number of unbranched alkanes of at least 4 members (excludes halogenated alkanes) is 30. The van der Waals surface area contributed by atoms with E-state index in [-0.39, 0.29) is 18.9 Å². The van der Waals surface area contributed by atoms with E-state index < -0.39 is 86.8 Å². The predicted octanol–water partition coefficient (Wildman–Crippen LogP) is 14.6. The summed E-state index contributed by atoms with van der Waals surface area (Å²) >= 11 is 0. The molecule has 2 heterocycles. The van der Waals surface area contributed by atoms with E-state index in [1.165, 1.54) is 161 Å². The van der Waals surface area contributed by atoms with Crippen molar-refractivity contribution in [2.24, 2.45) is 0 Å². The minimum absolute atomic E-state index is 0.240. The number of hydrogen-bond donors (Lipinski definition) is 9. The molecule has 12 atom stereocenters. The van der Waals surface area contributed by atoms with Gasteiger partial charge in [-0.2, -0.15) is 0 Å². The van der Waals surface area contributed by atoms with E-state index in [1.807, 2.05) is 6.08 Å². The Hall–Kier alpha value is -3.09. The second kappa shape index (κ2) is 57.8. The number of carbonyl (C=O) groups is 1. The summed E-state index contributed by atoms with van der Waals surface area (Å²) in [6.45, 7) is 2.69. The van der Waals surface area contributed by atoms with Gasteiger partial charge < -0.3 is 65.1 Å². The first-order valence-corrected chi connectivity index (χ1v) is 35.5. The zero-order chi connectivity index (χ0) is 63.8. The van der Waals surface area contributed by atoms with Crippen LogP contribution >= 0.6 is 0 Å². The number of carbonyl (C=O) groups excluding carboxylic acids is 1. The fourth-order valence-corrected chi connectivity index (χ4v) is 11.2.